The molecule has 1 aromatic carbocycles. The van der Waals surface area contributed by atoms with Crippen molar-refractivity contribution >= 4 is 40.7 Å². The van der Waals surface area contributed by atoms with Crippen LogP contribution in [0.5, 0.6) is 11.5 Å². The molecule has 1 atom stereocenters. The number of ether oxygens (including phenoxy) is 3. The van der Waals surface area contributed by atoms with Crippen LogP contribution in [-0.2, 0) is 19.1 Å². The van der Waals surface area contributed by atoms with E-state index < -0.39 is 71.2 Å². The number of pyridine rings is 1. The molecule has 1 unspecified atom stereocenters. The molecule has 0 bridgehead atoms. The second-order valence-electron chi connectivity index (χ2n) is 10.5. The molecule has 0 radical (unpaired) electrons. The van der Waals surface area contributed by atoms with E-state index in [4.69, 9.17) is 15.2 Å². The largest absolute Gasteiger partial charge is 0.573 e. The number of nitrogens with two attached hydrogens (primary N) is 1. The number of primary amides is 1. The van der Waals surface area contributed by atoms with E-state index >= 15 is 0 Å². The summed E-state index contributed by atoms with van der Waals surface area (Å²) >= 11 is 0. The van der Waals surface area contributed by atoms with E-state index in [1.807, 2.05) is 0 Å². The lowest BCUT2D eigenvalue weighted by Gasteiger charge is -2.39. The van der Waals surface area contributed by atoms with Crippen LogP contribution in [0.1, 0.15) is 61.0 Å². The number of rotatable bonds is 11. The molecule has 244 valence electrons. The number of carbonyl (C=O) groups excluding carboxylic acids is 3. The molecule has 1 aliphatic heterocycles. The van der Waals surface area contributed by atoms with Gasteiger partial charge in [0.15, 0.2) is 0 Å². The second kappa shape index (κ2) is 13.0. The first kappa shape index (κ1) is 33.1. The Bertz CT molecular complexity index is 1500. The van der Waals surface area contributed by atoms with Crippen LogP contribution in [-0.4, -0.2) is 99.6 Å². The molecule has 2 aliphatic rings. The summed E-state index contributed by atoms with van der Waals surface area (Å²) in [7, 11) is 0. The smallest absolute Gasteiger partial charge is 0.481 e. The van der Waals surface area contributed by atoms with Gasteiger partial charge in [-0.1, -0.05) is 0 Å². The van der Waals surface area contributed by atoms with Gasteiger partial charge >= 0.3 is 24.4 Å². The molecule has 14 nitrogen and oxygen atoms in total. The van der Waals surface area contributed by atoms with Gasteiger partial charge in [0.05, 0.1) is 23.7 Å². The number of benzene rings is 1. The van der Waals surface area contributed by atoms with E-state index in [1.165, 1.54) is 9.80 Å². The lowest BCUT2D eigenvalue weighted by atomic mass is 9.80. The lowest BCUT2D eigenvalue weighted by molar-refractivity contribution is -0.274. The van der Waals surface area contributed by atoms with Gasteiger partial charge in [0.25, 0.3) is 5.91 Å². The summed E-state index contributed by atoms with van der Waals surface area (Å²) in [5.41, 5.74) is 2.89. The minimum Gasteiger partial charge on any atom is -0.481 e. The van der Waals surface area contributed by atoms with E-state index in [9.17, 15) is 47.4 Å². The van der Waals surface area contributed by atoms with Gasteiger partial charge in [-0.25, -0.2) is 9.59 Å². The highest BCUT2D eigenvalue weighted by Gasteiger charge is 2.48. The highest BCUT2D eigenvalue weighted by Crippen LogP contribution is 2.44. The Hall–Kier alpha value is -4.83. The number of hydrogen-bond donors (Lipinski definition) is 3. The average Bonchev–Trinajstić information content (AvgIpc) is 2.93. The van der Waals surface area contributed by atoms with Crippen LogP contribution in [0.2, 0.25) is 0 Å². The molecule has 1 saturated heterocycles. The van der Waals surface area contributed by atoms with Gasteiger partial charge in [-0.15, -0.1) is 13.2 Å². The number of aliphatic carboxylic acids is 2. The summed E-state index contributed by atoms with van der Waals surface area (Å²) in [6.07, 6.45) is -6.13. The monoisotopic (exact) mass is 640 g/mol. The van der Waals surface area contributed by atoms with Crippen molar-refractivity contribution in [3.63, 3.8) is 0 Å². The highest BCUT2D eigenvalue weighted by molar-refractivity contribution is 6.05. The minimum absolute atomic E-state index is 0.00451. The summed E-state index contributed by atoms with van der Waals surface area (Å²) in [6.45, 7) is 2.05. The molecular formula is C28H31F3N4O10. The van der Waals surface area contributed by atoms with Crippen LogP contribution in [0.15, 0.2) is 18.2 Å². The lowest BCUT2D eigenvalue weighted by Crippen LogP contribution is -2.52. The van der Waals surface area contributed by atoms with Crippen LogP contribution in [0.25, 0.3) is 10.9 Å². The third-order valence-electron chi connectivity index (χ3n) is 7.66. The number of carboxylic acid groups (broad SMARTS) is 2. The van der Waals surface area contributed by atoms with Crippen molar-refractivity contribution in [3.8, 4) is 11.5 Å². The normalized spacial score (nSPS) is 16.8. The maximum Gasteiger partial charge on any atom is 0.573 e. The number of amides is 3. The highest BCUT2D eigenvalue weighted by atomic mass is 19.4. The summed E-state index contributed by atoms with van der Waals surface area (Å²) in [4.78, 5) is 70.0. The third kappa shape index (κ3) is 7.29. The van der Waals surface area contributed by atoms with Gasteiger partial charge in [0.1, 0.15) is 17.1 Å². The quantitative estimate of drug-likeness (QED) is 0.326. The molecule has 0 spiro atoms. The van der Waals surface area contributed by atoms with Crippen LogP contribution >= 0.6 is 0 Å². The number of halogens is 3. The average molecular weight is 641 g/mol. The minimum atomic E-state index is -5.09. The van der Waals surface area contributed by atoms with E-state index in [1.54, 1.807) is 6.92 Å². The van der Waals surface area contributed by atoms with Crippen molar-refractivity contribution < 1.29 is 61.6 Å². The fourth-order valence-electron chi connectivity index (χ4n) is 5.27. The van der Waals surface area contributed by atoms with Crippen molar-refractivity contribution in [1.29, 1.82) is 0 Å². The van der Waals surface area contributed by atoms with Crippen LogP contribution < -0.4 is 15.2 Å². The summed E-state index contributed by atoms with van der Waals surface area (Å²) in [5.74, 6) is -7.22. The fraction of sp³-hybridized carbons (Fsp3) is 0.500. The van der Waals surface area contributed by atoms with Crippen molar-refractivity contribution in [1.82, 2.24) is 14.8 Å². The Morgan fingerprint density at radius 2 is 1.71 bits per heavy atom. The molecule has 2 aromatic rings. The van der Waals surface area contributed by atoms with Gasteiger partial charge in [-0.3, -0.25) is 19.4 Å². The first-order chi connectivity index (χ1) is 21.2. The number of hydrogen-bond acceptors (Lipinski definition) is 9. The Kier molecular flexibility index (Phi) is 9.58. The Labute approximate surface area is 253 Å². The SMILES string of the molecule is CCOC(=O)N1CCN(C(=O)C(CCC(=O)O)c2nc3ccc(OC(F)(F)F)cc3c(OC3(C(=O)O)CCC3)c2C(N)=O)CC1. The van der Waals surface area contributed by atoms with E-state index in [0.29, 0.717) is 6.42 Å². The van der Waals surface area contributed by atoms with Crippen molar-refractivity contribution in [2.45, 2.75) is 56.9 Å². The van der Waals surface area contributed by atoms with Crippen molar-refractivity contribution in [3.05, 3.63) is 29.5 Å². The molecule has 17 heteroatoms. The molecule has 4 N–H and O–H groups in total. The van der Waals surface area contributed by atoms with Crippen LogP contribution in [0.4, 0.5) is 18.0 Å². The summed E-state index contributed by atoms with van der Waals surface area (Å²) < 4.78 is 54.0. The topological polar surface area (TPSA) is 199 Å². The number of aromatic nitrogens is 1. The molecule has 2 fully saturated rings. The van der Waals surface area contributed by atoms with Crippen molar-refractivity contribution in [2.24, 2.45) is 5.73 Å². The van der Waals surface area contributed by atoms with Gasteiger partial charge < -0.3 is 40.0 Å². The first-order valence-electron chi connectivity index (χ1n) is 14.0. The zero-order valence-electron chi connectivity index (χ0n) is 24.1. The van der Waals surface area contributed by atoms with Gasteiger partial charge in [0.2, 0.25) is 11.5 Å². The van der Waals surface area contributed by atoms with E-state index in [0.717, 1.165) is 18.2 Å². The predicted octanol–water partition coefficient (Wildman–Crippen LogP) is 2.87. The van der Waals surface area contributed by atoms with E-state index in [-0.39, 0.29) is 68.6 Å². The molecule has 2 heterocycles. The number of carboxylic acids is 2. The van der Waals surface area contributed by atoms with Gasteiger partial charge in [-0.2, -0.15) is 0 Å². The zero-order valence-corrected chi connectivity index (χ0v) is 24.1. The summed E-state index contributed by atoms with van der Waals surface area (Å²) in [6, 6.07) is 2.89. The second-order valence-corrected chi connectivity index (χ2v) is 10.5. The molecule has 1 aliphatic carbocycles. The Morgan fingerprint density at radius 1 is 1.07 bits per heavy atom. The third-order valence-corrected chi connectivity index (χ3v) is 7.66. The Morgan fingerprint density at radius 3 is 2.22 bits per heavy atom. The zero-order chi connectivity index (χ0) is 33.1. The van der Waals surface area contributed by atoms with Crippen molar-refractivity contribution in [2.75, 3.05) is 32.8 Å². The maximum atomic E-state index is 13.9. The van der Waals surface area contributed by atoms with E-state index in [2.05, 4.69) is 9.72 Å². The van der Waals surface area contributed by atoms with Gasteiger partial charge in [0, 0.05) is 38.0 Å². The number of carbonyl (C=O) groups is 5. The molecular weight excluding hydrogens is 609 g/mol. The summed E-state index contributed by atoms with van der Waals surface area (Å²) in [5, 5.41) is 19.1. The number of piperazine rings is 1. The fourth-order valence-corrected chi connectivity index (χ4v) is 5.27. The molecule has 4 rings (SSSR count). The molecule has 1 saturated carbocycles. The standard InChI is InChI=1S/C28H31F3N4O10/c1-2-43-26(42)35-12-10-34(11-13-35)24(39)16(5-7-19(36)37)21-20(23(32)38)22(45-27(25(40)41)8-3-9-27)17-14-15(44-28(29,30)31)4-6-18(17)33-21/h4,6,14,16H,2-3,5,7-13H2,1H3,(H2,32,38)(H,36,37)(H,40,41). The van der Waals surface area contributed by atoms with Crippen LogP contribution in [0.3, 0.4) is 0 Å². The molecule has 3 amide bonds. The molecule has 45 heavy (non-hydrogen) atoms. The first-order valence-corrected chi connectivity index (χ1v) is 14.0. The Balaban J connectivity index is 1.86. The maximum absolute atomic E-state index is 13.9. The molecule has 1 aromatic heterocycles. The van der Waals surface area contributed by atoms with Gasteiger partial charge in [-0.05, 0) is 50.8 Å². The van der Waals surface area contributed by atoms with Crippen LogP contribution in [0, 0.1) is 0 Å². The number of nitrogens with zero attached hydrogens (tertiary/aromatic N) is 3. The number of fused-ring (bicyclic) bond motifs is 1. The predicted molar refractivity (Wildman–Crippen MR) is 147 cm³/mol. The number of alkyl halides is 3.